The van der Waals surface area contributed by atoms with Crippen LogP contribution in [0.2, 0.25) is 0 Å². The number of fused-ring (bicyclic) bond motifs is 2. The molecule has 0 fully saturated rings. The molecule has 0 aliphatic carbocycles. The molecule has 3 aromatic carbocycles. The Morgan fingerprint density at radius 2 is 1.88 bits per heavy atom. The summed E-state index contributed by atoms with van der Waals surface area (Å²) in [6.07, 6.45) is 4.37. The van der Waals surface area contributed by atoms with E-state index in [0.717, 1.165) is 39.7 Å². The number of ether oxygens (including phenoxy) is 2. The van der Waals surface area contributed by atoms with E-state index < -0.39 is 0 Å². The average Bonchev–Trinajstić information content (AvgIpc) is 3.25. The third kappa shape index (κ3) is 5.32. The van der Waals surface area contributed by atoms with Gasteiger partial charge in [0.25, 0.3) is 0 Å². The molecule has 0 bridgehead atoms. The summed E-state index contributed by atoms with van der Waals surface area (Å²) in [5.41, 5.74) is 4.51. The molecule has 0 spiro atoms. The average molecular weight is 458 g/mol. The van der Waals surface area contributed by atoms with Crippen LogP contribution < -0.4 is 10.1 Å². The molecule has 5 nitrogen and oxygen atoms in total. The van der Waals surface area contributed by atoms with Gasteiger partial charge in [-0.05, 0) is 61.2 Å². The van der Waals surface area contributed by atoms with Crippen molar-refractivity contribution in [3.63, 3.8) is 0 Å². The lowest BCUT2D eigenvalue weighted by Crippen LogP contribution is -2.23. The van der Waals surface area contributed by atoms with Crippen LogP contribution in [0.25, 0.3) is 38.4 Å². The van der Waals surface area contributed by atoms with Gasteiger partial charge in [-0.25, -0.2) is 0 Å². The molecule has 0 saturated heterocycles. The van der Waals surface area contributed by atoms with E-state index in [1.165, 1.54) is 10.8 Å². The van der Waals surface area contributed by atoms with Gasteiger partial charge in [0.15, 0.2) is 0 Å². The molecule has 1 heterocycles. The van der Waals surface area contributed by atoms with Crippen LogP contribution in [0.5, 0.6) is 5.75 Å². The van der Waals surface area contributed by atoms with Gasteiger partial charge < -0.3 is 19.2 Å². The van der Waals surface area contributed by atoms with Gasteiger partial charge in [-0.1, -0.05) is 36.4 Å². The maximum absolute atomic E-state index is 12.5. The molecule has 0 aliphatic rings. The molecule has 1 N–H and O–H groups in total. The Bertz CT molecular complexity index is 1330. The van der Waals surface area contributed by atoms with Crippen molar-refractivity contribution in [3.05, 3.63) is 72.5 Å². The lowest BCUT2D eigenvalue weighted by Gasteiger charge is -2.11. The molecule has 34 heavy (non-hydrogen) atoms. The second kappa shape index (κ2) is 10.6. The second-order valence-electron chi connectivity index (χ2n) is 8.65. The first kappa shape index (κ1) is 23.6. The van der Waals surface area contributed by atoms with E-state index in [1.54, 1.807) is 19.4 Å². The third-order valence-corrected chi connectivity index (χ3v) is 5.80. The van der Waals surface area contributed by atoms with Crippen LogP contribution in [0, 0.1) is 0 Å². The number of rotatable bonds is 9. The minimum Gasteiger partial charge on any atom is -0.496 e. The second-order valence-corrected chi connectivity index (χ2v) is 8.65. The van der Waals surface area contributed by atoms with Crippen molar-refractivity contribution in [1.29, 1.82) is 0 Å². The van der Waals surface area contributed by atoms with Gasteiger partial charge in [-0.3, -0.25) is 4.79 Å². The van der Waals surface area contributed by atoms with Crippen LogP contribution in [0.4, 0.5) is 0 Å². The van der Waals surface area contributed by atoms with E-state index in [1.807, 2.05) is 45.0 Å². The summed E-state index contributed by atoms with van der Waals surface area (Å²) in [7, 11) is 1.62. The van der Waals surface area contributed by atoms with E-state index in [2.05, 4.69) is 35.6 Å². The van der Waals surface area contributed by atoms with Crippen molar-refractivity contribution >= 4 is 33.2 Å². The summed E-state index contributed by atoms with van der Waals surface area (Å²) in [6.45, 7) is 7.12. The first-order valence-corrected chi connectivity index (χ1v) is 11.6. The molecule has 0 radical (unpaired) electrons. The monoisotopic (exact) mass is 457 g/mol. The standard InChI is InChI=1S/C29H31NO4/c1-19(2)33-13-7-12-30-29(31)14-20(3)24-16-25-26(18-34-28(25)17-27(24)32-4)23-11-10-21-8-5-6-9-22(21)15-23/h5-6,8-11,14-19H,7,12-13H2,1-4H3,(H,30,31)/b20-14+. The zero-order chi connectivity index (χ0) is 24.1. The Labute approximate surface area is 200 Å². The lowest BCUT2D eigenvalue weighted by molar-refractivity contribution is -0.116. The summed E-state index contributed by atoms with van der Waals surface area (Å²) >= 11 is 0. The Kier molecular flexibility index (Phi) is 7.33. The molecule has 4 aromatic rings. The summed E-state index contributed by atoms with van der Waals surface area (Å²) in [5.74, 6) is 0.532. The van der Waals surface area contributed by atoms with Crippen LogP contribution in [0.3, 0.4) is 0 Å². The van der Waals surface area contributed by atoms with E-state index in [0.29, 0.717) is 18.9 Å². The number of carbonyl (C=O) groups is 1. The fraction of sp³-hybridized carbons (Fsp3) is 0.276. The van der Waals surface area contributed by atoms with E-state index >= 15 is 0 Å². The lowest BCUT2D eigenvalue weighted by atomic mass is 9.97. The van der Waals surface area contributed by atoms with Gasteiger partial charge in [0, 0.05) is 41.8 Å². The number of methoxy groups -OCH3 is 1. The molecular formula is C29H31NO4. The van der Waals surface area contributed by atoms with E-state index in [4.69, 9.17) is 13.9 Å². The van der Waals surface area contributed by atoms with Gasteiger partial charge in [0.05, 0.1) is 19.5 Å². The number of benzene rings is 3. The first-order valence-electron chi connectivity index (χ1n) is 11.6. The van der Waals surface area contributed by atoms with Crippen LogP contribution in [-0.2, 0) is 9.53 Å². The minimum atomic E-state index is -0.133. The number of hydrogen-bond donors (Lipinski definition) is 1. The SMILES string of the molecule is COc1cc2occ(-c3ccc4ccccc4c3)c2cc1/C(C)=C/C(=O)NCCCOC(C)C. The van der Waals surface area contributed by atoms with Crippen LogP contribution in [0.1, 0.15) is 32.8 Å². The van der Waals surface area contributed by atoms with Crippen molar-refractivity contribution in [3.8, 4) is 16.9 Å². The first-order chi connectivity index (χ1) is 16.5. The number of amides is 1. The van der Waals surface area contributed by atoms with Crippen molar-refractivity contribution in [2.24, 2.45) is 0 Å². The highest BCUT2D eigenvalue weighted by molar-refractivity contribution is 6.01. The van der Waals surface area contributed by atoms with Crippen molar-refractivity contribution < 1.29 is 18.7 Å². The van der Waals surface area contributed by atoms with Crippen molar-refractivity contribution in [2.45, 2.75) is 33.3 Å². The van der Waals surface area contributed by atoms with Crippen molar-refractivity contribution in [2.75, 3.05) is 20.3 Å². The van der Waals surface area contributed by atoms with Crippen LogP contribution in [0.15, 0.2) is 71.4 Å². The fourth-order valence-electron chi connectivity index (χ4n) is 4.04. The highest BCUT2D eigenvalue weighted by Crippen LogP contribution is 2.38. The predicted molar refractivity (Wildman–Crippen MR) is 138 cm³/mol. The smallest absolute Gasteiger partial charge is 0.244 e. The predicted octanol–water partition coefficient (Wildman–Crippen LogP) is 6.60. The maximum Gasteiger partial charge on any atom is 0.244 e. The highest BCUT2D eigenvalue weighted by Gasteiger charge is 2.15. The number of allylic oxidation sites excluding steroid dienone is 1. The summed E-state index contributed by atoms with van der Waals surface area (Å²) in [4.78, 5) is 12.5. The van der Waals surface area contributed by atoms with Crippen LogP contribution in [-0.4, -0.2) is 32.3 Å². The zero-order valence-corrected chi connectivity index (χ0v) is 20.2. The molecule has 4 rings (SSSR count). The fourth-order valence-corrected chi connectivity index (χ4v) is 4.04. The Hall–Kier alpha value is -3.57. The highest BCUT2D eigenvalue weighted by atomic mass is 16.5. The zero-order valence-electron chi connectivity index (χ0n) is 20.2. The van der Waals surface area contributed by atoms with Crippen LogP contribution >= 0.6 is 0 Å². The number of furan rings is 1. The summed E-state index contributed by atoms with van der Waals surface area (Å²) in [6, 6.07) is 18.6. The number of carbonyl (C=O) groups excluding carboxylic acids is 1. The Morgan fingerprint density at radius 1 is 1.09 bits per heavy atom. The third-order valence-electron chi connectivity index (χ3n) is 5.80. The molecule has 1 aromatic heterocycles. The molecule has 5 heteroatoms. The molecule has 0 atom stereocenters. The Morgan fingerprint density at radius 3 is 2.65 bits per heavy atom. The van der Waals surface area contributed by atoms with E-state index in [-0.39, 0.29) is 12.0 Å². The van der Waals surface area contributed by atoms with Gasteiger partial charge in [0.1, 0.15) is 11.3 Å². The quantitative estimate of drug-likeness (QED) is 0.227. The minimum absolute atomic E-state index is 0.133. The molecule has 0 aliphatic heterocycles. The van der Waals surface area contributed by atoms with Gasteiger partial charge in [0.2, 0.25) is 5.91 Å². The summed E-state index contributed by atoms with van der Waals surface area (Å²) in [5, 5.41) is 6.28. The van der Waals surface area contributed by atoms with Gasteiger partial charge >= 0.3 is 0 Å². The Balaban J connectivity index is 1.60. The number of hydrogen-bond acceptors (Lipinski definition) is 4. The van der Waals surface area contributed by atoms with Gasteiger partial charge in [-0.15, -0.1) is 0 Å². The molecule has 0 unspecified atom stereocenters. The number of nitrogens with one attached hydrogen (secondary N) is 1. The van der Waals surface area contributed by atoms with Gasteiger partial charge in [-0.2, -0.15) is 0 Å². The normalized spacial score (nSPS) is 12.0. The summed E-state index contributed by atoms with van der Waals surface area (Å²) < 4.78 is 17.0. The maximum atomic E-state index is 12.5. The largest absolute Gasteiger partial charge is 0.496 e. The molecular weight excluding hydrogens is 426 g/mol. The van der Waals surface area contributed by atoms with Crippen molar-refractivity contribution in [1.82, 2.24) is 5.32 Å². The molecule has 176 valence electrons. The molecule has 0 saturated carbocycles. The molecule has 1 amide bonds. The van der Waals surface area contributed by atoms with E-state index in [9.17, 15) is 4.79 Å². The topological polar surface area (TPSA) is 60.7 Å².